The van der Waals surface area contributed by atoms with Crippen molar-refractivity contribution in [2.45, 2.75) is 12.5 Å². The summed E-state index contributed by atoms with van der Waals surface area (Å²) in [5, 5.41) is 22.5. The number of aromatic hydroxyl groups is 1. The third-order valence-corrected chi connectivity index (χ3v) is 2.89. The molecule has 7 heteroatoms. The normalized spacial score (nSPS) is 21.3. The van der Waals surface area contributed by atoms with Crippen molar-refractivity contribution in [2.24, 2.45) is 11.7 Å². The highest BCUT2D eigenvalue weighted by molar-refractivity contribution is 5.96. The first-order valence-corrected chi connectivity index (χ1v) is 5.69. The molecule has 2 atom stereocenters. The number of phenolic OH excluding ortho intramolecular Hbond substituents is 1. The number of hydrogen-bond donors (Lipinski definition) is 3. The van der Waals surface area contributed by atoms with E-state index in [-0.39, 0.29) is 35.0 Å². The molecule has 19 heavy (non-hydrogen) atoms. The summed E-state index contributed by atoms with van der Waals surface area (Å²) in [6.45, 7) is 0. The second-order valence-corrected chi connectivity index (χ2v) is 4.34. The van der Waals surface area contributed by atoms with Crippen molar-refractivity contribution in [3.8, 4) is 5.75 Å². The van der Waals surface area contributed by atoms with Gasteiger partial charge in [0.15, 0.2) is 0 Å². The summed E-state index contributed by atoms with van der Waals surface area (Å²) in [4.78, 5) is 22.1. The van der Waals surface area contributed by atoms with Crippen LogP contribution in [0.15, 0.2) is 30.4 Å². The second-order valence-electron chi connectivity index (χ2n) is 4.34. The predicted molar refractivity (Wildman–Crippen MR) is 68.6 cm³/mol. The zero-order valence-corrected chi connectivity index (χ0v) is 9.95. The van der Waals surface area contributed by atoms with Crippen molar-refractivity contribution in [3.05, 3.63) is 40.5 Å². The fraction of sp³-hybridized carbons (Fsp3) is 0.250. The molecule has 100 valence electrons. The number of carbonyl (C=O) groups excluding carboxylic acids is 1. The van der Waals surface area contributed by atoms with Crippen molar-refractivity contribution in [1.29, 1.82) is 0 Å². The van der Waals surface area contributed by atoms with Crippen molar-refractivity contribution in [3.63, 3.8) is 0 Å². The lowest BCUT2D eigenvalue weighted by Crippen LogP contribution is -2.24. The first-order chi connectivity index (χ1) is 8.97. The van der Waals surface area contributed by atoms with Gasteiger partial charge in [-0.3, -0.25) is 14.9 Å². The average molecular weight is 263 g/mol. The molecule has 4 N–H and O–H groups in total. The van der Waals surface area contributed by atoms with E-state index in [1.807, 2.05) is 0 Å². The lowest BCUT2D eigenvalue weighted by Gasteiger charge is -2.10. The fourth-order valence-corrected chi connectivity index (χ4v) is 1.92. The van der Waals surface area contributed by atoms with Crippen LogP contribution in [0.1, 0.15) is 6.42 Å². The highest BCUT2D eigenvalue weighted by atomic mass is 16.6. The number of nitro groups is 1. The maximum Gasteiger partial charge on any atom is 0.296 e. The van der Waals surface area contributed by atoms with Gasteiger partial charge in [0.1, 0.15) is 11.4 Å². The molecule has 0 fully saturated rings. The highest BCUT2D eigenvalue weighted by Crippen LogP contribution is 2.29. The maximum absolute atomic E-state index is 11.9. The molecule has 1 aromatic carbocycles. The maximum atomic E-state index is 11.9. The van der Waals surface area contributed by atoms with Crippen LogP contribution < -0.4 is 11.1 Å². The van der Waals surface area contributed by atoms with Crippen LogP contribution in [0.4, 0.5) is 11.4 Å². The van der Waals surface area contributed by atoms with E-state index in [1.54, 1.807) is 12.2 Å². The van der Waals surface area contributed by atoms with Crippen LogP contribution >= 0.6 is 0 Å². The van der Waals surface area contributed by atoms with Gasteiger partial charge in [-0.1, -0.05) is 12.2 Å². The molecule has 0 radical (unpaired) electrons. The third-order valence-electron chi connectivity index (χ3n) is 2.89. The summed E-state index contributed by atoms with van der Waals surface area (Å²) in [7, 11) is 0. The van der Waals surface area contributed by atoms with Crippen LogP contribution in [0.25, 0.3) is 0 Å². The number of carbonyl (C=O) groups is 1. The lowest BCUT2D eigenvalue weighted by atomic mass is 10.1. The summed E-state index contributed by atoms with van der Waals surface area (Å²) >= 11 is 0. The zero-order valence-electron chi connectivity index (χ0n) is 9.95. The molecule has 0 spiro atoms. The number of nitrogens with two attached hydrogens (primary N) is 1. The Morgan fingerprint density at radius 2 is 2.21 bits per heavy atom. The van der Waals surface area contributed by atoms with E-state index in [1.165, 1.54) is 12.1 Å². The van der Waals surface area contributed by atoms with Crippen LogP contribution in [0, 0.1) is 16.0 Å². The molecule has 0 saturated heterocycles. The Kier molecular flexibility index (Phi) is 3.48. The van der Waals surface area contributed by atoms with E-state index >= 15 is 0 Å². The summed E-state index contributed by atoms with van der Waals surface area (Å²) in [5.41, 5.74) is 5.36. The van der Waals surface area contributed by atoms with Gasteiger partial charge < -0.3 is 16.2 Å². The van der Waals surface area contributed by atoms with Crippen LogP contribution in [-0.2, 0) is 4.79 Å². The molecule has 1 aliphatic rings. The third kappa shape index (κ3) is 2.89. The Bertz CT molecular complexity index is 556. The Morgan fingerprint density at radius 1 is 1.47 bits per heavy atom. The lowest BCUT2D eigenvalue weighted by molar-refractivity contribution is -0.384. The number of nitrogens with one attached hydrogen (secondary N) is 1. The first kappa shape index (κ1) is 13.0. The van der Waals surface area contributed by atoms with Gasteiger partial charge in [-0.15, -0.1) is 0 Å². The number of phenols is 1. The van der Waals surface area contributed by atoms with E-state index < -0.39 is 4.92 Å². The smallest absolute Gasteiger partial charge is 0.296 e. The van der Waals surface area contributed by atoms with Gasteiger partial charge in [-0.25, -0.2) is 0 Å². The molecule has 0 saturated carbocycles. The number of benzene rings is 1. The van der Waals surface area contributed by atoms with E-state index in [0.29, 0.717) is 6.42 Å². The van der Waals surface area contributed by atoms with Gasteiger partial charge in [-0.2, -0.15) is 0 Å². The molecule has 1 amide bonds. The Labute approximate surface area is 108 Å². The van der Waals surface area contributed by atoms with E-state index in [9.17, 15) is 20.0 Å². The largest absolute Gasteiger partial charge is 0.508 e. The first-order valence-electron chi connectivity index (χ1n) is 5.69. The minimum atomic E-state index is -0.661. The number of amides is 1. The summed E-state index contributed by atoms with van der Waals surface area (Å²) in [6, 6.07) is 3.40. The van der Waals surface area contributed by atoms with Gasteiger partial charge in [-0.05, 0) is 18.6 Å². The quantitative estimate of drug-likeness (QED) is 0.327. The van der Waals surface area contributed by atoms with Crippen LogP contribution in [0.5, 0.6) is 5.75 Å². The van der Waals surface area contributed by atoms with E-state index in [2.05, 4.69) is 5.32 Å². The molecule has 1 aliphatic carbocycles. The number of nitrogens with zero attached hydrogens (tertiary/aromatic N) is 1. The molecule has 7 nitrogen and oxygen atoms in total. The molecule has 0 aliphatic heterocycles. The number of hydrogen-bond acceptors (Lipinski definition) is 5. The summed E-state index contributed by atoms with van der Waals surface area (Å²) in [6.07, 6.45) is 3.90. The minimum Gasteiger partial charge on any atom is -0.508 e. The van der Waals surface area contributed by atoms with E-state index in [0.717, 1.165) is 6.07 Å². The molecule has 0 aromatic heterocycles. The molecule has 0 bridgehead atoms. The molecule has 2 unspecified atom stereocenters. The molecular weight excluding hydrogens is 250 g/mol. The average Bonchev–Trinajstić information content (AvgIpc) is 2.78. The molecular formula is C12H13N3O4. The number of rotatable bonds is 3. The van der Waals surface area contributed by atoms with Crippen LogP contribution in [0.2, 0.25) is 0 Å². The van der Waals surface area contributed by atoms with Crippen molar-refractivity contribution in [2.75, 3.05) is 5.32 Å². The van der Waals surface area contributed by atoms with Crippen molar-refractivity contribution < 1.29 is 14.8 Å². The topological polar surface area (TPSA) is 118 Å². The second kappa shape index (κ2) is 5.07. The standard InChI is InChI=1S/C12H13N3O4/c13-8-2-1-7(5-8)12(17)14-10-4-3-9(16)6-11(10)15(18)19/h1-4,6-8,16H,5,13H2,(H,14,17). The number of nitro benzene ring substituents is 1. The summed E-state index contributed by atoms with van der Waals surface area (Å²) < 4.78 is 0. The zero-order chi connectivity index (χ0) is 14.0. The highest BCUT2D eigenvalue weighted by Gasteiger charge is 2.25. The fourth-order valence-electron chi connectivity index (χ4n) is 1.92. The van der Waals surface area contributed by atoms with Gasteiger partial charge in [0.2, 0.25) is 5.91 Å². The van der Waals surface area contributed by atoms with Gasteiger partial charge in [0, 0.05) is 6.04 Å². The van der Waals surface area contributed by atoms with E-state index in [4.69, 9.17) is 5.73 Å². The summed E-state index contributed by atoms with van der Waals surface area (Å²) in [5.74, 6) is -0.964. The van der Waals surface area contributed by atoms with Crippen LogP contribution in [-0.4, -0.2) is 22.0 Å². The SMILES string of the molecule is NC1C=CC(C(=O)Nc2ccc(O)cc2[N+](=O)[O-])C1. The monoisotopic (exact) mass is 263 g/mol. The van der Waals surface area contributed by atoms with Crippen molar-refractivity contribution >= 4 is 17.3 Å². The van der Waals surface area contributed by atoms with Gasteiger partial charge in [0.05, 0.1) is 16.9 Å². The van der Waals surface area contributed by atoms with Crippen molar-refractivity contribution in [1.82, 2.24) is 0 Å². The predicted octanol–water partition coefficient (Wildman–Crippen LogP) is 1.14. The number of anilines is 1. The van der Waals surface area contributed by atoms with Gasteiger partial charge >= 0.3 is 0 Å². The Hall–Kier alpha value is -2.41. The molecule has 2 rings (SSSR count). The minimum absolute atomic E-state index is 0.0571. The Morgan fingerprint density at radius 3 is 2.79 bits per heavy atom. The Balaban J connectivity index is 2.17. The van der Waals surface area contributed by atoms with Crippen LogP contribution in [0.3, 0.4) is 0 Å². The molecule has 0 heterocycles. The molecule has 1 aromatic rings. The van der Waals surface area contributed by atoms with Gasteiger partial charge in [0.25, 0.3) is 5.69 Å².